The first kappa shape index (κ1) is 24.6. The standard InChI is InChI=1S/C25H27ClN2O4S/c1-17-10-12-20(13-11-17)24(19-8-6-5-7-9-19)27-25(29)18(2)28(33(4,30)31)21-14-15-23(32-3)22(26)16-21/h5-16,18,24H,1-4H3,(H,27,29)/t18-,24+/m0/s1. The third kappa shape index (κ3) is 5.86. The molecule has 0 fully saturated rings. The molecule has 8 heteroatoms. The number of benzene rings is 3. The summed E-state index contributed by atoms with van der Waals surface area (Å²) in [6.45, 7) is 3.54. The number of nitrogens with one attached hydrogen (secondary N) is 1. The van der Waals surface area contributed by atoms with Gasteiger partial charge in [0.25, 0.3) is 0 Å². The molecule has 33 heavy (non-hydrogen) atoms. The molecule has 0 unspecified atom stereocenters. The van der Waals surface area contributed by atoms with Crippen molar-refractivity contribution >= 4 is 33.2 Å². The number of halogens is 1. The number of aryl methyl sites for hydroxylation is 1. The van der Waals surface area contributed by atoms with Crippen LogP contribution in [0, 0.1) is 6.92 Å². The second-order valence-electron chi connectivity index (χ2n) is 7.82. The molecule has 3 aromatic rings. The second-order valence-corrected chi connectivity index (χ2v) is 10.1. The van der Waals surface area contributed by atoms with Crippen LogP contribution in [0.3, 0.4) is 0 Å². The van der Waals surface area contributed by atoms with E-state index in [0.717, 1.165) is 27.3 Å². The Morgan fingerprint density at radius 1 is 1.00 bits per heavy atom. The third-order valence-corrected chi connectivity index (χ3v) is 6.85. The van der Waals surface area contributed by atoms with E-state index in [1.54, 1.807) is 19.1 Å². The highest BCUT2D eigenvalue weighted by Crippen LogP contribution is 2.31. The van der Waals surface area contributed by atoms with Crippen LogP contribution in [0.1, 0.15) is 29.7 Å². The Kier molecular flexibility index (Phi) is 7.66. The summed E-state index contributed by atoms with van der Waals surface area (Å²) in [6, 6.07) is 20.5. The summed E-state index contributed by atoms with van der Waals surface area (Å²) >= 11 is 6.22. The van der Waals surface area contributed by atoms with E-state index in [1.807, 2.05) is 61.5 Å². The molecule has 0 heterocycles. The smallest absolute Gasteiger partial charge is 0.244 e. The highest BCUT2D eigenvalue weighted by atomic mass is 35.5. The first-order chi connectivity index (χ1) is 15.6. The number of carbonyl (C=O) groups excluding carboxylic acids is 1. The molecule has 0 bridgehead atoms. The number of rotatable bonds is 8. The lowest BCUT2D eigenvalue weighted by atomic mass is 9.97. The lowest BCUT2D eigenvalue weighted by molar-refractivity contribution is -0.122. The van der Waals surface area contributed by atoms with Gasteiger partial charge in [0.05, 0.1) is 30.1 Å². The maximum Gasteiger partial charge on any atom is 0.244 e. The van der Waals surface area contributed by atoms with Crippen molar-refractivity contribution in [2.24, 2.45) is 0 Å². The summed E-state index contributed by atoms with van der Waals surface area (Å²) in [4.78, 5) is 13.4. The maximum atomic E-state index is 13.4. The van der Waals surface area contributed by atoms with Gasteiger partial charge in [0, 0.05) is 0 Å². The van der Waals surface area contributed by atoms with Gasteiger partial charge in [-0.25, -0.2) is 8.42 Å². The summed E-state index contributed by atoms with van der Waals surface area (Å²) in [7, 11) is -2.32. The minimum atomic E-state index is -3.80. The van der Waals surface area contributed by atoms with Crippen LogP contribution in [0.15, 0.2) is 72.8 Å². The topological polar surface area (TPSA) is 75.7 Å². The van der Waals surface area contributed by atoms with E-state index in [9.17, 15) is 13.2 Å². The minimum absolute atomic E-state index is 0.248. The van der Waals surface area contributed by atoms with Crippen molar-refractivity contribution < 1.29 is 17.9 Å². The van der Waals surface area contributed by atoms with Crippen molar-refractivity contribution in [1.82, 2.24) is 5.32 Å². The predicted molar refractivity (Wildman–Crippen MR) is 132 cm³/mol. The largest absolute Gasteiger partial charge is 0.495 e. The summed E-state index contributed by atoms with van der Waals surface area (Å²) in [6.07, 6.45) is 1.06. The van der Waals surface area contributed by atoms with Gasteiger partial charge in [-0.2, -0.15) is 0 Å². The molecular weight excluding hydrogens is 460 g/mol. The number of hydrogen-bond donors (Lipinski definition) is 1. The van der Waals surface area contributed by atoms with Crippen LogP contribution < -0.4 is 14.4 Å². The van der Waals surface area contributed by atoms with Gasteiger partial charge < -0.3 is 10.1 Å². The van der Waals surface area contributed by atoms with Gasteiger partial charge in [-0.15, -0.1) is 0 Å². The lowest BCUT2D eigenvalue weighted by Crippen LogP contribution is -2.48. The number of nitrogens with zero attached hydrogens (tertiary/aromatic N) is 1. The predicted octanol–water partition coefficient (Wildman–Crippen LogP) is 4.72. The van der Waals surface area contributed by atoms with Gasteiger partial charge in [0.15, 0.2) is 0 Å². The number of amides is 1. The number of methoxy groups -OCH3 is 1. The van der Waals surface area contributed by atoms with Gasteiger partial charge in [0.2, 0.25) is 15.9 Å². The van der Waals surface area contributed by atoms with Crippen LogP contribution in [0.4, 0.5) is 5.69 Å². The molecule has 1 amide bonds. The molecule has 0 aromatic heterocycles. The normalized spacial score (nSPS) is 13.1. The van der Waals surface area contributed by atoms with Crippen LogP contribution in [0.25, 0.3) is 0 Å². The average Bonchev–Trinajstić information content (AvgIpc) is 2.78. The van der Waals surface area contributed by atoms with Crippen molar-refractivity contribution in [2.45, 2.75) is 25.9 Å². The van der Waals surface area contributed by atoms with Gasteiger partial charge >= 0.3 is 0 Å². The molecule has 0 radical (unpaired) electrons. The summed E-state index contributed by atoms with van der Waals surface area (Å²) in [5.41, 5.74) is 3.16. The maximum absolute atomic E-state index is 13.4. The molecule has 3 aromatic carbocycles. The quantitative estimate of drug-likeness (QED) is 0.500. The Balaban J connectivity index is 1.96. The van der Waals surface area contributed by atoms with Crippen molar-refractivity contribution in [3.8, 4) is 5.75 Å². The first-order valence-electron chi connectivity index (χ1n) is 10.4. The average molecular weight is 487 g/mol. The number of carbonyl (C=O) groups is 1. The number of anilines is 1. The summed E-state index contributed by atoms with van der Waals surface area (Å²) in [5.74, 6) is -0.0312. The molecule has 6 nitrogen and oxygen atoms in total. The fraction of sp³-hybridized carbons (Fsp3) is 0.240. The fourth-order valence-electron chi connectivity index (χ4n) is 3.63. The molecule has 1 N–H and O–H groups in total. The Hall–Kier alpha value is -3.03. The van der Waals surface area contributed by atoms with Gasteiger partial charge in [-0.1, -0.05) is 71.8 Å². The molecule has 0 aliphatic carbocycles. The SMILES string of the molecule is COc1ccc(N([C@@H](C)C(=O)N[C@H](c2ccccc2)c2ccc(C)cc2)S(C)(=O)=O)cc1Cl. The minimum Gasteiger partial charge on any atom is -0.495 e. The van der Waals surface area contributed by atoms with E-state index in [1.165, 1.54) is 13.2 Å². The van der Waals surface area contributed by atoms with E-state index >= 15 is 0 Å². The molecule has 0 spiro atoms. The van der Waals surface area contributed by atoms with Crippen molar-refractivity contribution in [3.05, 3.63) is 94.5 Å². The zero-order valence-electron chi connectivity index (χ0n) is 18.9. The van der Waals surface area contributed by atoms with Crippen LogP contribution in [0.2, 0.25) is 5.02 Å². The van der Waals surface area contributed by atoms with Crippen LogP contribution in [-0.2, 0) is 14.8 Å². The number of hydrogen-bond acceptors (Lipinski definition) is 4. The van der Waals surface area contributed by atoms with E-state index in [4.69, 9.17) is 16.3 Å². The number of ether oxygens (including phenoxy) is 1. The monoisotopic (exact) mass is 486 g/mol. The summed E-state index contributed by atoms with van der Waals surface area (Å²) < 4.78 is 31.6. The highest BCUT2D eigenvalue weighted by Gasteiger charge is 2.31. The van der Waals surface area contributed by atoms with Crippen LogP contribution in [0.5, 0.6) is 5.75 Å². The zero-order chi connectivity index (χ0) is 24.2. The molecule has 3 rings (SSSR count). The molecule has 174 valence electrons. The van der Waals surface area contributed by atoms with Crippen molar-refractivity contribution in [3.63, 3.8) is 0 Å². The highest BCUT2D eigenvalue weighted by molar-refractivity contribution is 7.92. The van der Waals surface area contributed by atoms with E-state index < -0.39 is 28.0 Å². The van der Waals surface area contributed by atoms with E-state index in [-0.39, 0.29) is 10.7 Å². The van der Waals surface area contributed by atoms with Gasteiger partial charge in [-0.05, 0) is 43.2 Å². The first-order valence-corrected chi connectivity index (χ1v) is 12.6. The molecule has 0 saturated carbocycles. The zero-order valence-corrected chi connectivity index (χ0v) is 20.5. The third-order valence-electron chi connectivity index (χ3n) is 5.31. The molecular formula is C25H27ClN2O4S. The molecule has 0 aliphatic rings. The van der Waals surface area contributed by atoms with E-state index in [0.29, 0.717) is 5.75 Å². The summed E-state index contributed by atoms with van der Waals surface area (Å²) in [5, 5.41) is 3.27. The van der Waals surface area contributed by atoms with Crippen molar-refractivity contribution in [1.29, 1.82) is 0 Å². The van der Waals surface area contributed by atoms with Gasteiger partial charge in [0.1, 0.15) is 11.8 Å². The van der Waals surface area contributed by atoms with E-state index in [2.05, 4.69) is 5.32 Å². The van der Waals surface area contributed by atoms with Crippen LogP contribution >= 0.6 is 11.6 Å². The van der Waals surface area contributed by atoms with Crippen molar-refractivity contribution in [2.75, 3.05) is 17.7 Å². The van der Waals surface area contributed by atoms with Gasteiger partial charge in [-0.3, -0.25) is 9.10 Å². The second kappa shape index (κ2) is 10.3. The van der Waals surface area contributed by atoms with Crippen LogP contribution in [-0.4, -0.2) is 33.7 Å². The molecule has 2 atom stereocenters. The Labute approximate surface area is 200 Å². The Morgan fingerprint density at radius 3 is 2.15 bits per heavy atom. The molecule has 0 saturated heterocycles. The molecule has 0 aliphatic heterocycles. The Bertz CT molecular complexity index is 1210. The fourth-order valence-corrected chi connectivity index (χ4v) is 5.05. The number of sulfonamides is 1. The Morgan fingerprint density at radius 2 is 1.61 bits per heavy atom. The lowest BCUT2D eigenvalue weighted by Gasteiger charge is -2.30.